The zero-order valence-corrected chi connectivity index (χ0v) is 14.2. The molecular formula is C15H27NP2. The van der Waals surface area contributed by atoms with Crippen LogP contribution in [0.3, 0.4) is 0 Å². The highest BCUT2D eigenvalue weighted by molar-refractivity contribution is 7.59. The monoisotopic (exact) mass is 283 g/mol. The van der Waals surface area contributed by atoms with Crippen molar-refractivity contribution in [3.05, 3.63) is 29.8 Å². The highest BCUT2D eigenvalue weighted by atomic mass is 31.1. The zero-order valence-electron chi connectivity index (χ0n) is 12.1. The lowest BCUT2D eigenvalue weighted by Gasteiger charge is -2.25. The van der Waals surface area contributed by atoms with Crippen molar-refractivity contribution < 1.29 is 0 Å². The minimum absolute atomic E-state index is 0.165. The van der Waals surface area contributed by atoms with Crippen molar-refractivity contribution in [1.82, 2.24) is 5.32 Å². The Morgan fingerprint density at radius 1 is 1.11 bits per heavy atom. The van der Waals surface area contributed by atoms with Gasteiger partial charge < -0.3 is 5.32 Å². The molecule has 0 aliphatic heterocycles. The van der Waals surface area contributed by atoms with Gasteiger partial charge in [-0.3, -0.25) is 0 Å². The normalized spacial score (nSPS) is 11.8. The lowest BCUT2D eigenvalue weighted by atomic mass is 10.2. The Morgan fingerprint density at radius 3 is 2.28 bits per heavy atom. The van der Waals surface area contributed by atoms with E-state index in [1.54, 1.807) is 0 Å². The van der Waals surface area contributed by atoms with Crippen LogP contribution in [0.25, 0.3) is 0 Å². The third-order valence-electron chi connectivity index (χ3n) is 3.24. The smallest absolute Gasteiger partial charge is 0.0211 e. The molecule has 0 spiro atoms. The molecule has 0 saturated heterocycles. The van der Waals surface area contributed by atoms with Gasteiger partial charge in [0.15, 0.2) is 0 Å². The van der Waals surface area contributed by atoms with E-state index in [-0.39, 0.29) is 7.92 Å². The summed E-state index contributed by atoms with van der Waals surface area (Å²) in [6, 6.07) is 8.54. The summed E-state index contributed by atoms with van der Waals surface area (Å²) >= 11 is 0. The van der Waals surface area contributed by atoms with E-state index in [0.717, 1.165) is 24.4 Å². The fraction of sp³-hybridized carbons (Fsp3) is 0.600. The largest absolute Gasteiger partial charge is 0.312 e. The van der Waals surface area contributed by atoms with Crippen LogP contribution in [0.2, 0.25) is 0 Å². The van der Waals surface area contributed by atoms with Gasteiger partial charge in [-0.15, -0.1) is 17.2 Å². The molecule has 0 amide bonds. The van der Waals surface area contributed by atoms with Gasteiger partial charge in [0.25, 0.3) is 0 Å². The highest BCUT2D eigenvalue weighted by Crippen LogP contribution is 2.45. The van der Waals surface area contributed by atoms with Crippen molar-refractivity contribution >= 4 is 22.5 Å². The van der Waals surface area contributed by atoms with Gasteiger partial charge in [-0.25, -0.2) is 0 Å². The van der Waals surface area contributed by atoms with Gasteiger partial charge in [0.2, 0.25) is 0 Å². The Balaban J connectivity index is 2.32. The second-order valence-corrected chi connectivity index (χ2v) is 9.46. The summed E-state index contributed by atoms with van der Waals surface area (Å²) in [6.07, 6.45) is 1.34. The average molecular weight is 283 g/mol. The van der Waals surface area contributed by atoms with E-state index in [9.17, 15) is 0 Å². The third kappa shape index (κ3) is 5.35. The van der Waals surface area contributed by atoms with Crippen LogP contribution in [0.15, 0.2) is 24.3 Å². The number of benzene rings is 1. The molecule has 0 heterocycles. The standard InChI is InChI=1S/C15H27NP2/c1-12(2)18(13(3)4)10-9-16-11-14-7-5-6-8-15(14)17/h5-8,12-13,16H,9-11,17H2,1-4H3. The molecule has 0 fully saturated rings. The number of hydrogen-bond donors (Lipinski definition) is 1. The molecule has 0 bridgehead atoms. The van der Waals surface area contributed by atoms with Gasteiger partial charge in [-0.2, -0.15) is 0 Å². The Kier molecular flexibility index (Phi) is 7.38. The second kappa shape index (κ2) is 8.26. The Bertz CT molecular complexity index is 342. The highest BCUT2D eigenvalue weighted by Gasteiger charge is 2.15. The maximum Gasteiger partial charge on any atom is 0.0211 e. The van der Waals surface area contributed by atoms with Crippen LogP contribution in [0.4, 0.5) is 0 Å². The van der Waals surface area contributed by atoms with Crippen LogP contribution in [-0.2, 0) is 6.54 Å². The van der Waals surface area contributed by atoms with Crippen molar-refractivity contribution in [1.29, 1.82) is 0 Å². The van der Waals surface area contributed by atoms with Gasteiger partial charge in [0, 0.05) is 6.54 Å². The van der Waals surface area contributed by atoms with Gasteiger partial charge in [-0.1, -0.05) is 52.0 Å². The fourth-order valence-electron chi connectivity index (χ4n) is 2.24. The number of nitrogens with one attached hydrogen (secondary N) is 1. The Hall–Kier alpha value is 0.0400. The summed E-state index contributed by atoms with van der Waals surface area (Å²) in [7, 11) is 2.97. The van der Waals surface area contributed by atoms with Crippen LogP contribution in [-0.4, -0.2) is 24.0 Å². The first kappa shape index (κ1) is 16.1. The van der Waals surface area contributed by atoms with Crippen molar-refractivity contribution in [2.24, 2.45) is 0 Å². The summed E-state index contributed by atoms with van der Waals surface area (Å²) in [5.74, 6) is 0. The minimum Gasteiger partial charge on any atom is -0.312 e. The molecular weight excluding hydrogens is 256 g/mol. The molecule has 0 aliphatic carbocycles. The zero-order chi connectivity index (χ0) is 13.5. The molecule has 1 rings (SSSR count). The lowest BCUT2D eigenvalue weighted by Crippen LogP contribution is -2.22. The predicted molar refractivity (Wildman–Crippen MR) is 89.6 cm³/mol. The molecule has 18 heavy (non-hydrogen) atoms. The van der Waals surface area contributed by atoms with Crippen LogP contribution in [0, 0.1) is 0 Å². The van der Waals surface area contributed by atoms with Crippen LogP contribution in [0.5, 0.6) is 0 Å². The lowest BCUT2D eigenvalue weighted by molar-refractivity contribution is 0.729. The van der Waals surface area contributed by atoms with Gasteiger partial charge >= 0.3 is 0 Å². The van der Waals surface area contributed by atoms with E-state index in [2.05, 4.69) is 66.5 Å². The first-order chi connectivity index (χ1) is 8.52. The van der Waals surface area contributed by atoms with Crippen LogP contribution in [0.1, 0.15) is 33.3 Å². The molecule has 0 aromatic heterocycles. The second-order valence-electron chi connectivity index (χ2n) is 5.30. The van der Waals surface area contributed by atoms with Crippen molar-refractivity contribution in [2.75, 3.05) is 12.7 Å². The Labute approximate surface area is 116 Å². The quantitative estimate of drug-likeness (QED) is 0.596. The van der Waals surface area contributed by atoms with E-state index in [1.165, 1.54) is 17.0 Å². The van der Waals surface area contributed by atoms with Gasteiger partial charge in [0.05, 0.1) is 0 Å². The topological polar surface area (TPSA) is 12.0 Å². The first-order valence-electron chi connectivity index (χ1n) is 6.82. The third-order valence-corrected chi connectivity index (χ3v) is 7.20. The van der Waals surface area contributed by atoms with Crippen LogP contribution < -0.4 is 10.6 Å². The van der Waals surface area contributed by atoms with E-state index in [0.29, 0.717) is 0 Å². The molecule has 1 aromatic carbocycles. The number of rotatable bonds is 7. The van der Waals surface area contributed by atoms with E-state index in [1.807, 2.05) is 0 Å². The van der Waals surface area contributed by atoms with Gasteiger partial charge in [-0.05, 0) is 34.9 Å². The van der Waals surface area contributed by atoms with Gasteiger partial charge in [0.1, 0.15) is 0 Å². The summed E-state index contributed by atoms with van der Waals surface area (Å²) in [6.45, 7) is 11.6. The summed E-state index contributed by atoms with van der Waals surface area (Å²) < 4.78 is 0. The molecule has 1 nitrogen and oxygen atoms in total. The molecule has 0 saturated carbocycles. The molecule has 3 heteroatoms. The molecule has 1 aromatic rings. The van der Waals surface area contributed by atoms with E-state index in [4.69, 9.17) is 0 Å². The molecule has 1 unspecified atom stereocenters. The molecule has 0 aliphatic rings. The molecule has 0 radical (unpaired) electrons. The number of hydrogen-bond acceptors (Lipinski definition) is 1. The SMILES string of the molecule is CC(C)P(CCNCc1ccccc1P)C(C)C. The Morgan fingerprint density at radius 2 is 1.72 bits per heavy atom. The summed E-state index contributed by atoms with van der Waals surface area (Å²) in [5.41, 5.74) is 3.08. The average Bonchev–Trinajstić information content (AvgIpc) is 2.30. The first-order valence-corrected chi connectivity index (χ1v) is 9.06. The van der Waals surface area contributed by atoms with Crippen LogP contribution >= 0.6 is 17.2 Å². The van der Waals surface area contributed by atoms with E-state index >= 15 is 0 Å². The van der Waals surface area contributed by atoms with Crippen molar-refractivity contribution in [3.63, 3.8) is 0 Å². The van der Waals surface area contributed by atoms with Crippen molar-refractivity contribution in [3.8, 4) is 0 Å². The minimum atomic E-state index is 0.165. The predicted octanol–water partition coefficient (Wildman–Crippen LogP) is 3.58. The molecule has 1 atom stereocenters. The van der Waals surface area contributed by atoms with Crippen molar-refractivity contribution in [2.45, 2.75) is 45.6 Å². The summed E-state index contributed by atoms with van der Waals surface area (Å²) in [5, 5.41) is 4.89. The summed E-state index contributed by atoms with van der Waals surface area (Å²) in [4.78, 5) is 0. The maximum atomic E-state index is 3.59. The van der Waals surface area contributed by atoms with E-state index < -0.39 is 0 Å². The maximum absolute atomic E-state index is 3.59. The molecule has 102 valence electrons. The molecule has 1 N–H and O–H groups in total. The fourth-order valence-corrected chi connectivity index (χ4v) is 5.19.